The van der Waals surface area contributed by atoms with E-state index >= 15 is 0 Å². The monoisotopic (exact) mass is 348 g/mol. The molecule has 1 atom stereocenters. The third-order valence-electron chi connectivity index (χ3n) is 5.11. The van der Waals surface area contributed by atoms with Gasteiger partial charge in [-0.25, -0.2) is 0 Å². The molecule has 1 aliphatic heterocycles. The van der Waals surface area contributed by atoms with Crippen molar-refractivity contribution in [2.45, 2.75) is 50.2 Å². The zero-order valence-electron chi connectivity index (χ0n) is 14.9. The number of amides is 1. The lowest BCUT2D eigenvalue weighted by atomic mass is 9.82. The number of carbonyl (C=O) groups excluding carboxylic acids is 1. The molecule has 1 aromatic rings. The first-order valence-corrected chi connectivity index (χ1v) is 9.11. The smallest absolute Gasteiger partial charge is 0.251 e. The number of carbonyl (C=O) groups is 1. The molecule has 2 aliphatic rings. The number of methoxy groups -OCH3 is 1. The van der Waals surface area contributed by atoms with Crippen LogP contribution in [-0.2, 0) is 4.74 Å². The molecule has 1 aliphatic carbocycles. The Morgan fingerprint density at radius 2 is 2.12 bits per heavy atom. The fourth-order valence-electron chi connectivity index (χ4n) is 3.85. The van der Waals surface area contributed by atoms with Gasteiger partial charge >= 0.3 is 0 Å². The van der Waals surface area contributed by atoms with Crippen molar-refractivity contribution in [3.05, 3.63) is 23.8 Å². The number of nitrogens with one attached hydrogen (secondary N) is 1. The summed E-state index contributed by atoms with van der Waals surface area (Å²) >= 11 is 0. The predicted molar refractivity (Wildman–Crippen MR) is 95.2 cm³/mol. The van der Waals surface area contributed by atoms with Crippen LogP contribution in [0, 0.1) is 0 Å². The quantitative estimate of drug-likeness (QED) is 0.824. The Morgan fingerprint density at radius 3 is 2.84 bits per heavy atom. The predicted octanol–water partition coefficient (Wildman–Crippen LogP) is 2.25. The lowest BCUT2D eigenvalue weighted by Crippen LogP contribution is -2.37. The molecule has 3 rings (SSSR count). The van der Waals surface area contributed by atoms with Gasteiger partial charge in [0.05, 0.1) is 25.4 Å². The van der Waals surface area contributed by atoms with Gasteiger partial charge in [0.2, 0.25) is 0 Å². The molecule has 1 spiro atoms. The molecule has 2 fully saturated rings. The average Bonchev–Trinajstić information content (AvgIpc) is 3.02. The van der Waals surface area contributed by atoms with Crippen molar-refractivity contribution < 1.29 is 19.0 Å². The molecule has 3 N–H and O–H groups in total. The Kier molecular flexibility index (Phi) is 5.81. The maximum absolute atomic E-state index is 12.6. The van der Waals surface area contributed by atoms with E-state index in [1.54, 1.807) is 25.3 Å². The van der Waals surface area contributed by atoms with Crippen molar-refractivity contribution in [3.63, 3.8) is 0 Å². The molecule has 1 aromatic carbocycles. The molecular weight excluding hydrogens is 320 g/mol. The van der Waals surface area contributed by atoms with E-state index in [4.69, 9.17) is 19.9 Å². The SMILES string of the molecule is COc1ccc(C(=O)N[C@@H]2COC3(CCCCC3)C2)cc1OCCN. The molecule has 1 saturated heterocycles. The molecule has 6 nitrogen and oxygen atoms in total. The molecule has 1 saturated carbocycles. The summed E-state index contributed by atoms with van der Waals surface area (Å²) in [7, 11) is 1.57. The average molecular weight is 348 g/mol. The minimum atomic E-state index is -0.110. The van der Waals surface area contributed by atoms with Gasteiger partial charge in [0.25, 0.3) is 5.91 Å². The molecule has 0 radical (unpaired) electrons. The Balaban J connectivity index is 1.63. The Morgan fingerprint density at radius 1 is 1.32 bits per heavy atom. The summed E-state index contributed by atoms with van der Waals surface area (Å²) in [5.74, 6) is 1.02. The van der Waals surface area contributed by atoms with Gasteiger partial charge in [-0.1, -0.05) is 19.3 Å². The highest BCUT2D eigenvalue weighted by molar-refractivity contribution is 5.95. The molecule has 1 heterocycles. The number of ether oxygens (including phenoxy) is 3. The van der Waals surface area contributed by atoms with Crippen LogP contribution in [0.5, 0.6) is 11.5 Å². The van der Waals surface area contributed by atoms with Crippen molar-refractivity contribution in [2.24, 2.45) is 5.73 Å². The number of rotatable bonds is 6. The van der Waals surface area contributed by atoms with E-state index in [0.29, 0.717) is 36.8 Å². The van der Waals surface area contributed by atoms with Gasteiger partial charge in [-0.2, -0.15) is 0 Å². The minimum absolute atomic E-state index is 0.00843. The molecule has 25 heavy (non-hydrogen) atoms. The summed E-state index contributed by atoms with van der Waals surface area (Å²) in [6.07, 6.45) is 6.87. The van der Waals surface area contributed by atoms with Crippen LogP contribution in [0.25, 0.3) is 0 Å². The lowest BCUT2D eigenvalue weighted by molar-refractivity contribution is -0.0246. The summed E-state index contributed by atoms with van der Waals surface area (Å²) in [6.45, 7) is 1.37. The minimum Gasteiger partial charge on any atom is -0.493 e. The molecule has 1 amide bonds. The fraction of sp³-hybridized carbons (Fsp3) is 0.632. The lowest BCUT2D eigenvalue weighted by Gasteiger charge is -2.32. The van der Waals surface area contributed by atoms with Gasteiger partial charge < -0.3 is 25.3 Å². The summed E-state index contributed by atoms with van der Waals surface area (Å²) in [4.78, 5) is 12.6. The summed E-state index contributed by atoms with van der Waals surface area (Å²) in [6, 6.07) is 5.27. The Labute approximate surface area is 149 Å². The van der Waals surface area contributed by atoms with Crippen LogP contribution >= 0.6 is 0 Å². The molecule has 0 bridgehead atoms. The standard InChI is InChI=1S/C19H28N2O4/c1-23-16-6-5-14(11-17(16)24-10-9-20)18(22)21-15-12-19(25-13-15)7-3-2-4-8-19/h5-6,11,15H,2-4,7-10,12-13,20H2,1H3,(H,21,22)/t15-/m0/s1. The van der Waals surface area contributed by atoms with Gasteiger partial charge in [0.1, 0.15) is 6.61 Å². The number of hydrogen-bond acceptors (Lipinski definition) is 5. The van der Waals surface area contributed by atoms with E-state index in [-0.39, 0.29) is 17.6 Å². The van der Waals surface area contributed by atoms with E-state index < -0.39 is 0 Å². The van der Waals surface area contributed by atoms with Gasteiger partial charge in [-0.05, 0) is 37.5 Å². The molecule has 0 unspecified atom stereocenters. The van der Waals surface area contributed by atoms with Crippen LogP contribution < -0.4 is 20.5 Å². The van der Waals surface area contributed by atoms with Crippen LogP contribution in [0.2, 0.25) is 0 Å². The van der Waals surface area contributed by atoms with Crippen molar-refractivity contribution >= 4 is 5.91 Å². The first-order chi connectivity index (χ1) is 12.2. The van der Waals surface area contributed by atoms with E-state index in [1.165, 1.54) is 19.3 Å². The van der Waals surface area contributed by atoms with Crippen molar-refractivity contribution in [1.82, 2.24) is 5.32 Å². The maximum Gasteiger partial charge on any atom is 0.251 e. The molecule has 0 aromatic heterocycles. The largest absolute Gasteiger partial charge is 0.493 e. The highest BCUT2D eigenvalue weighted by Gasteiger charge is 2.41. The number of nitrogens with two attached hydrogens (primary N) is 1. The van der Waals surface area contributed by atoms with Crippen LogP contribution in [0.1, 0.15) is 48.9 Å². The highest BCUT2D eigenvalue weighted by atomic mass is 16.5. The number of hydrogen-bond donors (Lipinski definition) is 2. The second-order valence-electron chi connectivity index (χ2n) is 6.93. The van der Waals surface area contributed by atoms with E-state index in [0.717, 1.165) is 19.3 Å². The van der Waals surface area contributed by atoms with E-state index in [1.807, 2.05) is 0 Å². The maximum atomic E-state index is 12.6. The van der Waals surface area contributed by atoms with Crippen LogP contribution in [0.4, 0.5) is 0 Å². The van der Waals surface area contributed by atoms with Crippen LogP contribution in [0.3, 0.4) is 0 Å². The third-order valence-corrected chi connectivity index (χ3v) is 5.11. The Bertz CT molecular complexity index is 599. The second kappa shape index (κ2) is 8.06. The summed E-state index contributed by atoms with van der Waals surface area (Å²) < 4.78 is 16.9. The van der Waals surface area contributed by atoms with Crippen LogP contribution in [-0.4, -0.2) is 44.4 Å². The van der Waals surface area contributed by atoms with Crippen LogP contribution in [0.15, 0.2) is 18.2 Å². The zero-order chi connectivity index (χ0) is 17.7. The van der Waals surface area contributed by atoms with Gasteiger partial charge in [0, 0.05) is 12.1 Å². The van der Waals surface area contributed by atoms with E-state index in [2.05, 4.69) is 5.32 Å². The van der Waals surface area contributed by atoms with Gasteiger partial charge in [-0.15, -0.1) is 0 Å². The van der Waals surface area contributed by atoms with Crippen molar-refractivity contribution in [2.75, 3.05) is 26.9 Å². The molecule has 6 heteroatoms. The highest BCUT2D eigenvalue weighted by Crippen LogP contribution is 2.39. The first kappa shape index (κ1) is 18.0. The molecule has 138 valence electrons. The normalized spacial score (nSPS) is 21.9. The Hall–Kier alpha value is -1.79. The topological polar surface area (TPSA) is 82.8 Å². The van der Waals surface area contributed by atoms with Crippen molar-refractivity contribution in [1.29, 1.82) is 0 Å². The third kappa shape index (κ3) is 4.25. The first-order valence-electron chi connectivity index (χ1n) is 9.11. The van der Waals surface area contributed by atoms with Gasteiger partial charge in [0.15, 0.2) is 11.5 Å². The zero-order valence-corrected chi connectivity index (χ0v) is 14.9. The second-order valence-corrected chi connectivity index (χ2v) is 6.93. The number of benzene rings is 1. The fourth-order valence-corrected chi connectivity index (χ4v) is 3.85. The van der Waals surface area contributed by atoms with Gasteiger partial charge in [-0.3, -0.25) is 4.79 Å². The summed E-state index contributed by atoms with van der Waals surface area (Å²) in [5.41, 5.74) is 6.03. The van der Waals surface area contributed by atoms with E-state index in [9.17, 15) is 4.79 Å². The molecular formula is C19H28N2O4. The van der Waals surface area contributed by atoms with Crippen molar-refractivity contribution in [3.8, 4) is 11.5 Å². The summed E-state index contributed by atoms with van der Waals surface area (Å²) in [5, 5.41) is 3.10.